The van der Waals surface area contributed by atoms with Crippen molar-refractivity contribution < 1.29 is 14.3 Å². The second-order valence-corrected chi connectivity index (χ2v) is 8.74. The van der Waals surface area contributed by atoms with Crippen LogP contribution >= 0.6 is 0 Å². The summed E-state index contributed by atoms with van der Waals surface area (Å²) < 4.78 is 10.9. The van der Waals surface area contributed by atoms with Crippen LogP contribution in [0.3, 0.4) is 0 Å². The lowest BCUT2D eigenvalue weighted by molar-refractivity contribution is -0.121. The number of hydrogen-bond donors (Lipinski definition) is 1. The molecule has 3 aliphatic carbocycles. The van der Waals surface area contributed by atoms with E-state index in [9.17, 15) is 4.79 Å². The van der Waals surface area contributed by atoms with Gasteiger partial charge in [0.1, 0.15) is 0 Å². The van der Waals surface area contributed by atoms with E-state index < -0.39 is 0 Å². The van der Waals surface area contributed by atoms with Crippen LogP contribution in [0.5, 0.6) is 11.5 Å². The van der Waals surface area contributed by atoms with Gasteiger partial charge >= 0.3 is 0 Å². The average molecular weight is 428 g/mol. The molecule has 0 aromatic heterocycles. The van der Waals surface area contributed by atoms with Crippen molar-refractivity contribution in [3.8, 4) is 11.5 Å². The molecular weight excluding hydrogens is 398 g/mol. The summed E-state index contributed by atoms with van der Waals surface area (Å²) in [5.74, 6) is 2.68. The summed E-state index contributed by atoms with van der Waals surface area (Å²) in [5, 5.41) is 3.22. The van der Waals surface area contributed by atoms with Crippen molar-refractivity contribution in [3.63, 3.8) is 0 Å². The molecule has 0 saturated heterocycles. The van der Waals surface area contributed by atoms with E-state index in [0.29, 0.717) is 48.6 Å². The Hall–Kier alpha value is -3.27. The number of carbonyl (C=O) groups excluding carboxylic acids is 1. The Bertz CT molecular complexity index is 1090. The normalized spacial score (nSPS) is 20.2. The predicted molar refractivity (Wildman–Crippen MR) is 126 cm³/mol. The van der Waals surface area contributed by atoms with E-state index in [-0.39, 0.29) is 5.91 Å². The number of carbonyl (C=O) groups is 1. The minimum Gasteiger partial charge on any atom is -0.493 e. The minimum atomic E-state index is 0.0814. The van der Waals surface area contributed by atoms with Crippen molar-refractivity contribution in [1.29, 1.82) is 0 Å². The lowest BCUT2D eigenvalue weighted by Gasteiger charge is -2.45. The van der Waals surface area contributed by atoms with Crippen molar-refractivity contribution >= 4 is 5.91 Å². The average Bonchev–Trinajstić information content (AvgIpc) is 2.86. The molecular formula is C28H29NO3. The van der Waals surface area contributed by atoms with Crippen molar-refractivity contribution in [2.45, 2.75) is 31.1 Å². The number of hydrogen-bond acceptors (Lipinski definition) is 3. The molecule has 0 radical (unpaired) electrons. The zero-order chi connectivity index (χ0) is 22.1. The molecule has 1 amide bonds. The summed E-state index contributed by atoms with van der Waals surface area (Å²) >= 11 is 0. The van der Waals surface area contributed by atoms with Gasteiger partial charge in [-0.1, -0.05) is 60.7 Å². The summed E-state index contributed by atoms with van der Waals surface area (Å²) in [5.41, 5.74) is 6.78. The maximum Gasteiger partial charge on any atom is 0.220 e. The Balaban J connectivity index is 1.27. The molecule has 32 heavy (non-hydrogen) atoms. The Kier molecular flexibility index (Phi) is 5.60. The van der Waals surface area contributed by atoms with Gasteiger partial charge in [-0.15, -0.1) is 0 Å². The van der Waals surface area contributed by atoms with Crippen molar-refractivity contribution in [2.75, 3.05) is 20.8 Å². The fourth-order valence-electron chi connectivity index (χ4n) is 5.69. The van der Waals surface area contributed by atoms with Crippen LogP contribution in [0, 0.1) is 5.92 Å². The quantitative estimate of drug-likeness (QED) is 0.574. The summed E-state index contributed by atoms with van der Waals surface area (Å²) in [4.78, 5) is 12.7. The number of amides is 1. The third-order valence-electron chi connectivity index (χ3n) is 7.09. The van der Waals surface area contributed by atoms with Gasteiger partial charge in [0.05, 0.1) is 14.2 Å². The number of methoxy groups -OCH3 is 2. The highest BCUT2D eigenvalue weighted by Crippen LogP contribution is 2.55. The van der Waals surface area contributed by atoms with E-state index in [1.54, 1.807) is 14.2 Å². The Morgan fingerprint density at radius 2 is 1.53 bits per heavy atom. The summed E-state index contributed by atoms with van der Waals surface area (Å²) in [6, 6.07) is 23.5. The molecule has 4 heteroatoms. The first kappa shape index (κ1) is 20.6. The highest BCUT2D eigenvalue weighted by molar-refractivity contribution is 5.76. The van der Waals surface area contributed by atoms with E-state index in [1.807, 2.05) is 18.2 Å². The largest absolute Gasteiger partial charge is 0.493 e. The Labute approximate surface area is 189 Å². The molecule has 0 unspecified atom stereocenters. The molecule has 0 fully saturated rings. The van der Waals surface area contributed by atoms with Crippen molar-refractivity contribution in [2.24, 2.45) is 5.92 Å². The molecule has 164 valence electrons. The fraction of sp³-hybridized carbons (Fsp3) is 0.321. The van der Waals surface area contributed by atoms with Crippen LogP contribution in [0.1, 0.15) is 52.5 Å². The number of ether oxygens (including phenoxy) is 2. The molecule has 2 bridgehead atoms. The molecule has 0 spiro atoms. The van der Waals surface area contributed by atoms with Gasteiger partial charge < -0.3 is 14.8 Å². The second kappa shape index (κ2) is 8.70. The van der Waals surface area contributed by atoms with E-state index in [1.165, 1.54) is 22.3 Å². The van der Waals surface area contributed by atoms with Crippen LogP contribution in [0.15, 0.2) is 66.7 Å². The number of aryl methyl sites for hydroxylation is 1. The monoisotopic (exact) mass is 427 g/mol. The lowest BCUT2D eigenvalue weighted by atomic mass is 9.59. The number of benzene rings is 3. The van der Waals surface area contributed by atoms with Gasteiger partial charge in [0, 0.05) is 24.8 Å². The highest BCUT2D eigenvalue weighted by Gasteiger charge is 2.42. The van der Waals surface area contributed by atoms with Crippen LogP contribution < -0.4 is 14.8 Å². The molecule has 1 N–H and O–H groups in total. The number of fused-ring (bicyclic) bond motifs is 1. The van der Waals surface area contributed by atoms with Gasteiger partial charge in [0.25, 0.3) is 0 Å². The number of rotatable bonds is 7. The number of para-hydroxylation sites is 1. The zero-order valence-corrected chi connectivity index (χ0v) is 18.6. The van der Waals surface area contributed by atoms with Crippen LogP contribution in [0.2, 0.25) is 0 Å². The number of nitrogens with one attached hydrogen (secondary N) is 1. The van der Waals surface area contributed by atoms with E-state index >= 15 is 0 Å². The third-order valence-corrected chi connectivity index (χ3v) is 7.09. The van der Waals surface area contributed by atoms with Crippen molar-refractivity contribution in [3.05, 3.63) is 94.5 Å². The topological polar surface area (TPSA) is 47.6 Å². The van der Waals surface area contributed by atoms with Gasteiger partial charge in [0.2, 0.25) is 5.91 Å². The molecule has 3 aliphatic rings. The van der Waals surface area contributed by atoms with E-state index in [2.05, 4.69) is 53.8 Å². The molecule has 0 aliphatic heterocycles. The third kappa shape index (κ3) is 3.54. The minimum absolute atomic E-state index is 0.0814. The second-order valence-electron chi connectivity index (χ2n) is 8.74. The maximum atomic E-state index is 12.7. The fourth-order valence-corrected chi connectivity index (χ4v) is 5.69. The molecule has 3 aromatic carbocycles. The summed E-state index contributed by atoms with van der Waals surface area (Å²) in [6.45, 7) is 0.706. The lowest BCUT2D eigenvalue weighted by Crippen LogP contribution is -2.39. The highest BCUT2D eigenvalue weighted by atomic mass is 16.5. The smallest absolute Gasteiger partial charge is 0.220 e. The van der Waals surface area contributed by atoms with Gasteiger partial charge in [-0.3, -0.25) is 4.79 Å². The molecule has 0 saturated carbocycles. The molecule has 3 aromatic rings. The van der Waals surface area contributed by atoms with Gasteiger partial charge in [-0.25, -0.2) is 0 Å². The summed E-state index contributed by atoms with van der Waals surface area (Å²) in [7, 11) is 3.26. The van der Waals surface area contributed by atoms with E-state index in [4.69, 9.17) is 9.47 Å². The van der Waals surface area contributed by atoms with Crippen LogP contribution in [-0.2, 0) is 11.2 Å². The molecule has 0 heterocycles. The van der Waals surface area contributed by atoms with E-state index in [0.717, 1.165) is 12.0 Å². The molecule has 1 atom stereocenters. The first-order valence-corrected chi connectivity index (χ1v) is 11.4. The van der Waals surface area contributed by atoms with Crippen molar-refractivity contribution in [1.82, 2.24) is 5.32 Å². The zero-order valence-electron chi connectivity index (χ0n) is 18.6. The SMILES string of the molecule is COc1cccc(CCC(=O)NC[C@@H]2CC3c4ccccc4C2c2ccccc23)c1OC. The predicted octanol–water partition coefficient (Wildman–Crippen LogP) is 5.05. The molecule has 4 nitrogen and oxygen atoms in total. The van der Waals surface area contributed by atoms with Crippen LogP contribution in [0.4, 0.5) is 0 Å². The molecule has 6 rings (SSSR count). The van der Waals surface area contributed by atoms with Crippen LogP contribution in [-0.4, -0.2) is 26.7 Å². The first-order chi connectivity index (χ1) is 15.7. The first-order valence-electron chi connectivity index (χ1n) is 11.4. The van der Waals surface area contributed by atoms with Gasteiger partial charge in [-0.2, -0.15) is 0 Å². The summed E-state index contributed by atoms with van der Waals surface area (Å²) in [6.07, 6.45) is 2.13. The van der Waals surface area contributed by atoms with Crippen LogP contribution in [0.25, 0.3) is 0 Å². The Morgan fingerprint density at radius 3 is 2.16 bits per heavy atom. The van der Waals surface area contributed by atoms with Gasteiger partial charge in [-0.05, 0) is 52.6 Å². The standard InChI is InChI=1S/C28H29NO3/c1-31-25-13-7-8-18(28(25)32-2)14-15-26(30)29-17-19-16-24-20-9-3-5-11-22(20)27(19)23-12-6-4-10-21(23)24/h3-13,19,24,27H,14-17H2,1-2H3,(H,29,30)/t19-,24?,27?/m0/s1. The Morgan fingerprint density at radius 1 is 0.875 bits per heavy atom. The maximum absolute atomic E-state index is 12.7. The van der Waals surface area contributed by atoms with Gasteiger partial charge in [0.15, 0.2) is 11.5 Å².